The van der Waals surface area contributed by atoms with Gasteiger partial charge in [0.05, 0.1) is 99.4 Å². The highest BCUT2D eigenvalue weighted by Gasteiger charge is 2.37. The minimum atomic E-state index is -1.26. The second-order valence-corrected chi connectivity index (χ2v) is 13.6. The van der Waals surface area contributed by atoms with E-state index in [0.717, 1.165) is 28.2 Å². The molecule has 0 spiro atoms. The van der Waals surface area contributed by atoms with E-state index in [4.69, 9.17) is 47.5 Å². The van der Waals surface area contributed by atoms with Crippen LogP contribution in [0.2, 0.25) is 0 Å². The first-order chi connectivity index (χ1) is 25.4. The molecule has 0 fully saturated rings. The molecule has 3 aromatic carbocycles. The van der Waals surface area contributed by atoms with E-state index in [-0.39, 0.29) is 12.1 Å². The van der Waals surface area contributed by atoms with Gasteiger partial charge in [0.1, 0.15) is 17.1 Å². The molecule has 0 saturated heterocycles. The Kier molecular flexibility index (Phi) is 20.8. The van der Waals surface area contributed by atoms with Crippen molar-refractivity contribution in [3.05, 3.63) is 95.6 Å². The van der Waals surface area contributed by atoms with Crippen molar-refractivity contribution in [2.45, 2.75) is 51.8 Å². The zero-order valence-electron chi connectivity index (χ0n) is 31.7. The van der Waals surface area contributed by atoms with Crippen LogP contribution in [0, 0.1) is 11.3 Å². The molecule has 0 bridgehead atoms. The Bertz CT molecular complexity index is 1330. The van der Waals surface area contributed by atoms with Crippen LogP contribution >= 0.6 is 8.53 Å². The van der Waals surface area contributed by atoms with Crippen molar-refractivity contribution >= 4 is 8.53 Å². The van der Waals surface area contributed by atoms with Crippen LogP contribution in [0.15, 0.2) is 78.9 Å². The lowest BCUT2D eigenvalue weighted by molar-refractivity contribution is -0.0386. The van der Waals surface area contributed by atoms with E-state index in [2.05, 4.69) is 50.6 Å². The van der Waals surface area contributed by atoms with Crippen molar-refractivity contribution in [1.82, 2.24) is 4.67 Å². The highest BCUT2D eigenvalue weighted by Crippen LogP contribution is 2.46. The highest BCUT2D eigenvalue weighted by molar-refractivity contribution is 7.44. The van der Waals surface area contributed by atoms with Crippen LogP contribution in [0.25, 0.3) is 0 Å². The Morgan fingerprint density at radius 2 is 0.962 bits per heavy atom. The Morgan fingerprint density at radius 3 is 1.38 bits per heavy atom. The van der Waals surface area contributed by atoms with Gasteiger partial charge in [-0.2, -0.15) is 5.26 Å². The number of ether oxygens (including phenoxy) is 7. The average Bonchev–Trinajstić information content (AvgIpc) is 3.16. The molecule has 0 radical (unpaired) electrons. The summed E-state index contributed by atoms with van der Waals surface area (Å²) in [6.07, 6.45) is 0.333. The van der Waals surface area contributed by atoms with Gasteiger partial charge in [-0.25, -0.2) is 4.67 Å². The van der Waals surface area contributed by atoms with E-state index in [0.29, 0.717) is 79.1 Å². The molecule has 286 valence electrons. The first-order valence-electron chi connectivity index (χ1n) is 17.9. The second kappa shape index (κ2) is 25.0. The predicted molar refractivity (Wildman–Crippen MR) is 203 cm³/mol. The average molecular weight is 741 g/mol. The minimum absolute atomic E-state index is 0.256. The van der Waals surface area contributed by atoms with Gasteiger partial charge in [0.15, 0.2) is 0 Å². The molecule has 52 heavy (non-hydrogen) atoms. The molecule has 0 heterocycles. The van der Waals surface area contributed by atoms with Crippen molar-refractivity contribution in [1.29, 1.82) is 5.26 Å². The van der Waals surface area contributed by atoms with Gasteiger partial charge in [-0.1, -0.05) is 54.6 Å². The van der Waals surface area contributed by atoms with Gasteiger partial charge < -0.3 is 42.2 Å². The lowest BCUT2D eigenvalue weighted by Gasteiger charge is -2.36. The molecule has 3 rings (SSSR count). The molecule has 1 unspecified atom stereocenters. The smallest absolute Gasteiger partial charge is 0.259 e. The van der Waals surface area contributed by atoms with E-state index in [1.165, 1.54) is 0 Å². The molecule has 11 nitrogen and oxygen atoms in total. The highest BCUT2D eigenvalue weighted by atomic mass is 31.2. The standard InChI is InChI=1S/C40H57N2O9P/c1-33(2)42(34(3)4)52(50-22-10-21-41)51-32-30-48-28-26-46-24-23-45-25-27-47-29-31-49-40(35-11-8-7-9-12-35,36-13-17-38(43-5)18-14-36)37-15-19-39(44-6)20-16-37/h7-9,11-20,33-34H,10,22-32H2,1-6H3. The number of nitrogens with zero attached hydrogens (tertiary/aromatic N) is 2. The van der Waals surface area contributed by atoms with Gasteiger partial charge in [-0.3, -0.25) is 0 Å². The Balaban J connectivity index is 1.36. The normalized spacial score (nSPS) is 12.4. The van der Waals surface area contributed by atoms with E-state index in [1.807, 2.05) is 66.7 Å². The molecule has 0 aliphatic rings. The van der Waals surface area contributed by atoms with Gasteiger partial charge in [-0.15, -0.1) is 0 Å². The van der Waals surface area contributed by atoms with Crippen LogP contribution in [-0.2, 0) is 38.3 Å². The maximum atomic E-state index is 8.86. The third-order valence-electron chi connectivity index (χ3n) is 7.93. The Labute approximate surface area is 311 Å². The number of hydrogen-bond acceptors (Lipinski definition) is 11. The van der Waals surface area contributed by atoms with Gasteiger partial charge in [0.25, 0.3) is 8.53 Å². The Morgan fingerprint density at radius 1 is 0.558 bits per heavy atom. The van der Waals surface area contributed by atoms with E-state index < -0.39 is 14.1 Å². The summed E-state index contributed by atoms with van der Waals surface area (Å²) in [5, 5.41) is 8.86. The summed E-state index contributed by atoms with van der Waals surface area (Å²) < 4.78 is 54.7. The second-order valence-electron chi connectivity index (χ2n) is 12.2. The predicted octanol–water partition coefficient (Wildman–Crippen LogP) is 7.37. The largest absolute Gasteiger partial charge is 0.497 e. The van der Waals surface area contributed by atoms with E-state index in [9.17, 15) is 0 Å². The van der Waals surface area contributed by atoms with Crippen LogP contribution in [0.4, 0.5) is 0 Å². The summed E-state index contributed by atoms with van der Waals surface area (Å²) >= 11 is 0. The van der Waals surface area contributed by atoms with Crippen LogP contribution in [0.1, 0.15) is 50.8 Å². The molecule has 0 N–H and O–H groups in total. The van der Waals surface area contributed by atoms with Crippen molar-refractivity contribution in [2.24, 2.45) is 0 Å². The van der Waals surface area contributed by atoms with E-state index >= 15 is 0 Å². The molecule has 0 amide bonds. The maximum Gasteiger partial charge on any atom is 0.259 e. The topological polar surface area (TPSA) is 110 Å². The van der Waals surface area contributed by atoms with Crippen molar-refractivity contribution < 1.29 is 42.2 Å². The maximum absolute atomic E-state index is 8.86. The SMILES string of the molecule is COc1ccc(C(OCCOCCOCCOCCOCCOP(OCCC#N)N(C(C)C)C(C)C)(c2ccccc2)c2ccc(OC)cc2)cc1. The van der Waals surface area contributed by atoms with Crippen LogP contribution in [-0.4, -0.2) is 104 Å². The number of hydrogen-bond donors (Lipinski definition) is 0. The molecule has 3 aromatic rings. The quantitative estimate of drug-likeness (QED) is 0.0423. The fourth-order valence-corrected chi connectivity index (χ4v) is 7.15. The molecule has 1 atom stereocenters. The summed E-state index contributed by atoms with van der Waals surface area (Å²) in [4.78, 5) is 0. The summed E-state index contributed by atoms with van der Waals surface area (Å²) in [7, 11) is 2.05. The fraction of sp³-hybridized carbons (Fsp3) is 0.525. The zero-order valence-corrected chi connectivity index (χ0v) is 32.6. The molecule has 0 aliphatic heterocycles. The number of benzene rings is 3. The third-order valence-corrected chi connectivity index (χ3v) is 10.0. The first-order valence-corrected chi connectivity index (χ1v) is 19.0. The first kappa shape index (κ1) is 43.3. The van der Waals surface area contributed by atoms with Gasteiger partial charge in [0, 0.05) is 12.1 Å². The summed E-state index contributed by atoms with van der Waals surface area (Å²) in [6, 6.07) is 28.7. The van der Waals surface area contributed by atoms with Gasteiger partial charge in [-0.05, 0) is 68.7 Å². The van der Waals surface area contributed by atoms with Gasteiger partial charge >= 0.3 is 0 Å². The molecular formula is C40H57N2O9P. The molecule has 0 aliphatic carbocycles. The summed E-state index contributed by atoms with van der Waals surface area (Å²) in [6.45, 7) is 13.1. The molecule has 12 heteroatoms. The number of nitriles is 1. The molecular weight excluding hydrogens is 683 g/mol. The van der Waals surface area contributed by atoms with Gasteiger partial charge in [0.2, 0.25) is 0 Å². The number of rotatable bonds is 28. The monoisotopic (exact) mass is 740 g/mol. The molecule has 0 aromatic heterocycles. The van der Waals surface area contributed by atoms with Crippen molar-refractivity contribution in [3.8, 4) is 17.6 Å². The van der Waals surface area contributed by atoms with Crippen LogP contribution in [0.3, 0.4) is 0 Å². The third kappa shape index (κ3) is 14.0. The van der Waals surface area contributed by atoms with Crippen LogP contribution < -0.4 is 9.47 Å². The number of methoxy groups -OCH3 is 2. The van der Waals surface area contributed by atoms with Crippen molar-refractivity contribution in [3.63, 3.8) is 0 Å². The fourth-order valence-electron chi connectivity index (χ4n) is 5.58. The van der Waals surface area contributed by atoms with Crippen LogP contribution in [0.5, 0.6) is 11.5 Å². The zero-order chi connectivity index (χ0) is 37.4. The Hall–Kier alpha value is -3.14. The lowest BCUT2D eigenvalue weighted by atomic mass is 9.80. The summed E-state index contributed by atoms with van der Waals surface area (Å²) in [5.41, 5.74) is 2.06. The lowest BCUT2D eigenvalue weighted by Crippen LogP contribution is -2.34. The minimum Gasteiger partial charge on any atom is -0.497 e. The molecule has 0 saturated carbocycles. The summed E-state index contributed by atoms with van der Waals surface area (Å²) in [5.74, 6) is 1.54. The van der Waals surface area contributed by atoms with E-state index in [1.54, 1.807) is 14.2 Å². The van der Waals surface area contributed by atoms with Crippen molar-refractivity contribution in [2.75, 3.05) is 86.9 Å².